The summed E-state index contributed by atoms with van der Waals surface area (Å²) in [5, 5.41) is 2.83. The van der Waals surface area contributed by atoms with Crippen molar-refractivity contribution in [3.8, 4) is 5.75 Å². The minimum atomic E-state index is -4.71. The third kappa shape index (κ3) is 6.56. The maximum Gasteiger partial charge on any atom is 0.573 e. The number of nitrogens with two attached hydrogens (primary N) is 1. The molecule has 27 heavy (non-hydrogen) atoms. The number of hydrogen-bond acceptors (Lipinski definition) is 3. The van der Waals surface area contributed by atoms with Gasteiger partial charge in [-0.05, 0) is 61.6 Å². The molecule has 0 atom stereocenters. The number of halogens is 4. The van der Waals surface area contributed by atoms with Crippen LogP contribution in [0.1, 0.15) is 29.8 Å². The van der Waals surface area contributed by atoms with E-state index in [4.69, 9.17) is 5.73 Å². The molecular formula is C18H20F3IN4O. The number of rotatable bonds is 4. The standard InChI is InChI=1S/C18H19F3N4O.HI/c19-18(20,21)26-15-9-7-13(8-10-15)25-17(22)23-11-14-6-5-12-3-1-2-4-16(12)24-14;/h5-10H,1-4,11H2,(H3,22,23,25);1H. The quantitative estimate of drug-likeness (QED) is 0.377. The van der Waals surface area contributed by atoms with Gasteiger partial charge in [-0.3, -0.25) is 4.98 Å². The van der Waals surface area contributed by atoms with Crippen molar-refractivity contribution in [3.63, 3.8) is 0 Å². The summed E-state index contributed by atoms with van der Waals surface area (Å²) in [5.41, 5.74) is 9.62. The van der Waals surface area contributed by atoms with Gasteiger partial charge in [0.1, 0.15) is 5.75 Å². The number of pyridine rings is 1. The first-order chi connectivity index (χ1) is 12.4. The van der Waals surface area contributed by atoms with Gasteiger partial charge in [0, 0.05) is 11.4 Å². The molecule has 0 aliphatic heterocycles. The SMILES string of the molecule is I.NC(=NCc1ccc2c(n1)CCCC2)Nc1ccc(OC(F)(F)F)cc1. The first kappa shape index (κ1) is 21.3. The summed E-state index contributed by atoms with van der Waals surface area (Å²) in [5.74, 6) is -0.133. The highest BCUT2D eigenvalue weighted by molar-refractivity contribution is 14.0. The lowest BCUT2D eigenvalue weighted by Crippen LogP contribution is -2.22. The first-order valence-electron chi connectivity index (χ1n) is 8.29. The fraction of sp³-hybridized carbons (Fsp3) is 0.333. The summed E-state index contributed by atoms with van der Waals surface area (Å²) < 4.78 is 40.2. The first-order valence-corrected chi connectivity index (χ1v) is 8.29. The number of aryl methyl sites for hydroxylation is 2. The smallest absolute Gasteiger partial charge is 0.406 e. The number of hydrogen-bond donors (Lipinski definition) is 2. The van der Waals surface area contributed by atoms with Crippen LogP contribution in [0.5, 0.6) is 5.75 Å². The molecule has 0 saturated heterocycles. The highest BCUT2D eigenvalue weighted by atomic mass is 127. The van der Waals surface area contributed by atoms with Crippen LogP contribution in [0, 0.1) is 0 Å². The van der Waals surface area contributed by atoms with Crippen LogP contribution < -0.4 is 15.8 Å². The normalized spacial score (nSPS) is 14.1. The van der Waals surface area contributed by atoms with Crippen molar-refractivity contribution in [2.45, 2.75) is 38.6 Å². The topological polar surface area (TPSA) is 72.5 Å². The Balaban J connectivity index is 0.00000261. The molecule has 5 nitrogen and oxygen atoms in total. The Bertz CT molecular complexity index is 794. The third-order valence-electron chi connectivity index (χ3n) is 4.01. The molecule has 146 valence electrons. The van der Waals surface area contributed by atoms with Crippen LogP contribution in [-0.4, -0.2) is 17.3 Å². The highest BCUT2D eigenvalue weighted by Crippen LogP contribution is 2.24. The van der Waals surface area contributed by atoms with Crippen LogP contribution >= 0.6 is 24.0 Å². The van der Waals surface area contributed by atoms with E-state index in [2.05, 4.69) is 26.1 Å². The molecule has 1 aromatic carbocycles. The lowest BCUT2D eigenvalue weighted by molar-refractivity contribution is -0.274. The molecule has 3 N–H and O–H groups in total. The Morgan fingerprint density at radius 3 is 2.52 bits per heavy atom. The summed E-state index contributed by atoms with van der Waals surface area (Å²) in [4.78, 5) is 8.85. The molecule has 0 unspecified atom stereocenters. The minimum absolute atomic E-state index is 0. The molecule has 0 radical (unpaired) electrons. The Hall–Kier alpha value is -2.04. The number of nitrogens with one attached hydrogen (secondary N) is 1. The van der Waals surface area contributed by atoms with Gasteiger partial charge in [-0.15, -0.1) is 37.1 Å². The summed E-state index contributed by atoms with van der Waals surface area (Å²) in [6.45, 7) is 0.335. The molecule has 0 bridgehead atoms. The van der Waals surface area contributed by atoms with Gasteiger partial charge in [0.2, 0.25) is 0 Å². The van der Waals surface area contributed by atoms with E-state index in [0.29, 0.717) is 12.2 Å². The summed E-state index contributed by atoms with van der Waals surface area (Å²) in [6.07, 6.45) is -0.284. The predicted octanol–water partition coefficient (Wildman–Crippen LogP) is 4.40. The minimum Gasteiger partial charge on any atom is -0.406 e. The number of ether oxygens (including phenoxy) is 1. The van der Waals surface area contributed by atoms with Gasteiger partial charge in [-0.1, -0.05) is 6.07 Å². The Morgan fingerprint density at radius 2 is 1.81 bits per heavy atom. The second kappa shape index (κ2) is 9.25. The summed E-state index contributed by atoms with van der Waals surface area (Å²) in [6, 6.07) is 9.31. The van der Waals surface area contributed by atoms with E-state index < -0.39 is 6.36 Å². The van der Waals surface area contributed by atoms with Gasteiger partial charge in [0.25, 0.3) is 0 Å². The van der Waals surface area contributed by atoms with Gasteiger partial charge in [0.15, 0.2) is 5.96 Å². The number of anilines is 1. The largest absolute Gasteiger partial charge is 0.573 e. The number of nitrogens with zero attached hydrogens (tertiary/aromatic N) is 2. The van der Waals surface area contributed by atoms with Crippen molar-refractivity contribution < 1.29 is 17.9 Å². The average Bonchev–Trinajstić information content (AvgIpc) is 2.60. The number of alkyl halides is 3. The van der Waals surface area contributed by atoms with E-state index >= 15 is 0 Å². The van der Waals surface area contributed by atoms with E-state index in [0.717, 1.165) is 30.7 Å². The molecule has 0 saturated carbocycles. The van der Waals surface area contributed by atoms with Gasteiger partial charge >= 0.3 is 6.36 Å². The molecule has 0 fully saturated rings. The molecule has 9 heteroatoms. The molecule has 0 amide bonds. The zero-order valence-electron chi connectivity index (χ0n) is 14.4. The molecule has 1 aliphatic carbocycles. The van der Waals surface area contributed by atoms with Crippen molar-refractivity contribution in [2.75, 3.05) is 5.32 Å². The van der Waals surface area contributed by atoms with Crippen LogP contribution in [-0.2, 0) is 19.4 Å². The van der Waals surface area contributed by atoms with Gasteiger partial charge in [-0.25, -0.2) is 4.99 Å². The van der Waals surface area contributed by atoms with E-state index in [1.165, 1.54) is 36.2 Å². The van der Waals surface area contributed by atoms with E-state index in [1.54, 1.807) is 0 Å². The Kier molecular flexibility index (Phi) is 7.28. The second-order valence-corrected chi connectivity index (χ2v) is 6.01. The van der Waals surface area contributed by atoms with Crippen LogP contribution in [0.25, 0.3) is 0 Å². The number of aromatic nitrogens is 1. The summed E-state index contributed by atoms with van der Waals surface area (Å²) in [7, 11) is 0. The monoisotopic (exact) mass is 492 g/mol. The average molecular weight is 492 g/mol. The molecule has 3 rings (SSSR count). The Morgan fingerprint density at radius 1 is 1.11 bits per heavy atom. The lowest BCUT2D eigenvalue weighted by atomic mass is 9.96. The van der Waals surface area contributed by atoms with E-state index in [9.17, 15) is 13.2 Å². The zero-order valence-corrected chi connectivity index (χ0v) is 16.8. The Labute approximate surface area is 172 Å². The number of fused-ring (bicyclic) bond motifs is 1. The van der Waals surface area contributed by atoms with Crippen molar-refractivity contribution in [3.05, 3.63) is 53.3 Å². The van der Waals surface area contributed by atoms with E-state index in [1.807, 2.05) is 6.07 Å². The highest BCUT2D eigenvalue weighted by Gasteiger charge is 2.30. The second-order valence-electron chi connectivity index (χ2n) is 6.01. The molecule has 0 spiro atoms. The zero-order chi connectivity index (χ0) is 18.6. The van der Waals surface area contributed by atoms with E-state index in [-0.39, 0.29) is 35.7 Å². The van der Waals surface area contributed by atoms with Gasteiger partial charge < -0.3 is 15.8 Å². The van der Waals surface area contributed by atoms with Crippen LogP contribution in [0.2, 0.25) is 0 Å². The van der Waals surface area contributed by atoms with Crippen LogP contribution in [0.3, 0.4) is 0 Å². The van der Waals surface area contributed by atoms with Crippen molar-refractivity contribution in [2.24, 2.45) is 10.7 Å². The lowest BCUT2D eigenvalue weighted by Gasteiger charge is -2.15. The van der Waals surface area contributed by atoms with Crippen molar-refractivity contribution in [1.29, 1.82) is 0 Å². The third-order valence-corrected chi connectivity index (χ3v) is 4.01. The molecule has 1 aliphatic rings. The van der Waals surface area contributed by atoms with Crippen LogP contribution in [0.4, 0.5) is 18.9 Å². The fourth-order valence-electron chi connectivity index (χ4n) is 2.81. The number of aliphatic imine (C=N–C) groups is 1. The predicted molar refractivity (Wildman–Crippen MR) is 108 cm³/mol. The van der Waals surface area contributed by atoms with Gasteiger partial charge in [-0.2, -0.15) is 0 Å². The molecule has 1 heterocycles. The van der Waals surface area contributed by atoms with Crippen molar-refractivity contribution >= 4 is 35.6 Å². The molecule has 2 aromatic rings. The maximum atomic E-state index is 12.1. The summed E-state index contributed by atoms with van der Waals surface area (Å²) >= 11 is 0. The van der Waals surface area contributed by atoms with Crippen molar-refractivity contribution in [1.82, 2.24) is 4.98 Å². The fourth-order valence-corrected chi connectivity index (χ4v) is 2.81. The van der Waals surface area contributed by atoms with Crippen LogP contribution in [0.15, 0.2) is 41.4 Å². The van der Waals surface area contributed by atoms with Gasteiger partial charge in [0.05, 0.1) is 12.2 Å². The molecule has 1 aromatic heterocycles. The maximum absolute atomic E-state index is 12.1. The molecular weight excluding hydrogens is 472 g/mol. The number of guanidine groups is 1. The number of benzene rings is 1.